The van der Waals surface area contributed by atoms with E-state index in [1.807, 2.05) is 60.7 Å². The summed E-state index contributed by atoms with van der Waals surface area (Å²) in [5.74, 6) is -0.281. The van der Waals surface area contributed by atoms with E-state index in [1.165, 1.54) is 6.92 Å². The summed E-state index contributed by atoms with van der Waals surface area (Å²) >= 11 is 0. The van der Waals surface area contributed by atoms with E-state index in [-0.39, 0.29) is 12.5 Å². The second kappa shape index (κ2) is 9.02. The fourth-order valence-electron chi connectivity index (χ4n) is 3.65. The van der Waals surface area contributed by atoms with E-state index in [1.54, 1.807) is 0 Å². The molecule has 2 aromatic rings. The Kier molecular flexibility index (Phi) is 6.22. The minimum Gasteiger partial charge on any atom is -0.388 e. The number of carbonyl (C=O) groups excluding carboxylic acids is 1. The largest absolute Gasteiger partial charge is 0.388 e. The first kappa shape index (κ1) is 20.0. The van der Waals surface area contributed by atoms with E-state index in [2.05, 4.69) is 5.32 Å². The third kappa shape index (κ3) is 4.66. The van der Waals surface area contributed by atoms with Gasteiger partial charge in [-0.25, -0.2) is 0 Å². The Labute approximate surface area is 169 Å². The summed E-state index contributed by atoms with van der Waals surface area (Å²) in [7, 11) is 0. The number of fused-ring (bicyclic) bond motifs is 1. The minimum absolute atomic E-state index is 0.249. The van der Waals surface area contributed by atoms with Crippen LogP contribution in [0.25, 0.3) is 0 Å². The van der Waals surface area contributed by atoms with Crippen LogP contribution >= 0.6 is 0 Å². The summed E-state index contributed by atoms with van der Waals surface area (Å²) in [6, 6.07) is 18.4. The van der Waals surface area contributed by atoms with Crippen LogP contribution in [-0.2, 0) is 30.3 Å². The lowest BCUT2D eigenvalue weighted by Gasteiger charge is -2.47. The lowest BCUT2D eigenvalue weighted by molar-refractivity contribution is -0.345. The van der Waals surface area contributed by atoms with Crippen molar-refractivity contribution in [3.63, 3.8) is 0 Å². The average Bonchev–Trinajstić information content (AvgIpc) is 2.75. The second-order valence-electron chi connectivity index (χ2n) is 7.23. The van der Waals surface area contributed by atoms with Gasteiger partial charge in [-0.15, -0.1) is 0 Å². The van der Waals surface area contributed by atoms with E-state index in [0.29, 0.717) is 6.61 Å². The zero-order chi connectivity index (χ0) is 20.2. The number of hydrogen-bond donors (Lipinski definition) is 2. The monoisotopic (exact) mass is 399 g/mol. The molecule has 2 aromatic carbocycles. The summed E-state index contributed by atoms with van der Waals surface area (Å²) in [5.41, 5.74) is 1.83. The van der Waals surface area contributed by atoms with E-state index in [9.17, 15) is 9.90 Å². The number of hydrogen-bond acceptors (Lipinski definition) is 6. The van der Waals surface area contributed by atoms with Crippen molar-refractivity contribution in [2.24, 2.45) is 0 Å². The molecule has 2 saturated heterocycles. The molecule has 0 aliphatic carbocycles. The van der Waals surface area contributed by atoms with Gasteiger partial charge in [0.05, 0.1) is 13.2 Å². The van der Waals surface area contributed by atoms with Gasteiger partial charge in [0, 0.05) is 12.5 Å². The number of amides is 1. The standard InChI is InChI=1S/C22H25NO6/c1-14(24)23-18-19(25)20-17(13-27-21(29-20)16-10-6-3-7-11-16)28-22(18)26-12-15-8-4-2-5-9-15/h2-11,17-22,25H,12-13H2,1H3,(H,23,24)/t17-,18-,19+,20+,21+,22-/m0/s1. The Hall–Kier alpha value is -2.29. The van der Waals surface area contributed by atoms with Crippen LogP contribution in [0.4, 0.5) is 0 Å². The molecule has 1 amide bonds. The number of aliphatic hydroxyl groups excluding tert-OH is 1. The fraction of sp³-hybridized carbons (Fsp3) is 0.409. The quantitative estimate of drug-likeness (QED) is 0.799. The number of rotatable bonds is 5. The van der Waals surface area contributed by atoms with Gasteiger partial charge in [-0.05, 0) is 5.56 Å². The summed E-state index contributed by atoms with van der Waals surface area (Å²) < 4.78 is 23.8. The smallest absolute Gasteiger partial charge is 0.217 e. The summed E-state index contributed by atoms with van der Waals surface area (Å²) in [5, 5.41) is 13.7. The maximum absolute atomic E-state index is 11.7. The summed E-state index contributed by atoms with van der Waals surface area (Å²) in [4.78, 5) is 11.7. The van der Waals surface area contributed by atoms with Crippen molar-refractivity contribution < 1.29 is 28.8 Å². The van der Waals surface area contributed by atoms with Crippen molar-refractivity contribution >= 4 is 5.91 Å². The molecule has 0 spiro atoms. The molecular formula is C22H25NO6. The van der Waals surface area contributed by atoms with Gasteiger partial charge in [0.1, 0.15) is 24.4 Å². The predicted molar refractivity (Wildman–Crippen MR) is 104 cm³/mol. The van der Waals surface area contributed by atoms with Crippen molar-refractivity contribution in [2.45, 2.75) is 50.5 Å². The van der Waals surface area contributed by atoms with E-state index in [0.717, 1.165) is 11.1 Å². The number of nitrogens with one attached hydrogen (secondary N) is 1. The maximum atomic E-state index is 11.7. The van der Waals surface area contributed by atoms with Crippen molar-refractivity contribution in [1.29, 1.82) is 0 Å². The third-order valence-electron chi connectivity index (χ3n) is 5.06. The molecule has 2 fully saturated rings. The Morgan fingerprint density at radius 2 is 1.79 bits per heavy atom. The van der Waals surface area contributed by atoms with Crippen LogP contribution in [0.5, 0.6) is 0 Å². The van der Waals surface area contributed by atoms with Gasteiger partial charge in [0.15, 0.2) is 12.6 Å². The molecule has 0 unspecified atom stereocenters. The topological polar surface area (TPSA) is 86.3 Å². The number of aliphatic hydroxyl groups is 1. The molecule has 7 heteroatoms. The Morgan fingerprint density at radius 1 is 1.10 bits per heavy atom. The van der Waals surface area contributed by atoms with E-state index >= 15 is 0 Å². The Bertz CT molecular complexity index is 801. The van der Waals surface area contributed by atoms with Crippen LogP contribution in [0.1, 0.15) is 24.3 Å². The van der Waals surface area contributed by atoms with Crippen LogP contribution in [0.15, 0.2) is 60.7 Å². The second-order valence-corrected chi connectivity index (χ2v) is 7.23. The molecule has 154 valence electrons. The molecule has 0 radical (unpaired) electrons. The van der Waals surface area contributed by atoms with Gasteiger partial charge in [-0.1, -0.05) is 60.7 Å². The van der Waals surface area contributed by atoms with E-state index in [4.69, 9.17) is 18.9 Å². The fourth-order valence-corrected chi connectivity index (χ4v) is 3.65. The molecule has 6 atom stereocenters. The molecule has 2 aliphatic heterocycles. The van der Waals surface area contributed by atoms with Crippen LogP contribution < -0.4 is 5.32 Å². The van der Waals surface area contributed by atoms with Crippen LogP contribution in [0, 0.1) is 0 Å². The first-order valence-corrected chi connectivity index (χ1v) is 9.70. The number of benzene rings is 2. The zero-order valence-electron chi connectivity index (χ0n) is 16.1. The summed E-state index contributed by atoms with van der Waals surface area (Å²) in [6.07, 6.45) is -3.59. The maximum Gasteiger partial charge on any atom is 0.217 e. The van der Waals surface area contributed by atoms with Crippen molar-refractivity contribution in [2.75, 3.05) is 6.61 Å². The summed E-state index contributed by atoms with van der Waals surface area (Å²) in [6.45, 7) is 1.93. The first-order valence-electron chi connectivity index (χ1n) is 9.70. The van der Waals surface area contributed by atoms with Gasteiger partial charge in [0.25, 0.3) is 0 Å². The van der Waals surface area contributed by atoms with Gasteiger partial charge < -0.3 is 29.4 Å². The molecule has 29 heavy (non-hydrogen) atoms. The molecule has 2 aliphatic rings. The highest BCUT2D eigenvalue weighted by Crippen LogP contribution is 2.34. The van der Waals surface area contributed by atoms with Gasteiger partial charge in [0.2, 0.25) is 5.91 Å². The van der Waals surface area contributed by atoms with Gasteiger partial charge >= 0.3 is 0 Å². The number of ether oxygens (including phenoxy) is 4. The highest BCUT2D eigenvalue weighted by molar-refractivity contribution is 5.73. The molecule has 0 bridgehead atoms. The Balaban J connectivity index is 1.48. The SMILES string of the molecule is CC(=O)N[C@@H]1[C@@H](OCc2ccccc2)O[C@H]2CO[C@@H](c3ccccc3)O[C@H]2[C@@H]1O. The molecule has 2 N–H and O–H groups in total. The van der Waals surface area contributed by atoms with E-state index < -0.39 is 36.9 Å². The Morgan fingerprint density at radius 3 is 2.48 bits per heavy atom. The van der Waals surface area contributed by atoms with Crippen molar-refractivity contribution in [1.82, 2.24) is 5.32 Å². The lowest BCUT2D eigenvalue weighted by atomic mass is 9.95. The third-order valence-corrected chi connectivity index (χ3v) is 5.06. The van der Waals surface area contributed by atoms with Crippen LogP contribution in [0.2, 0.25) is 0 Å². The van der Waals surface area contributed by atoms with Gasteiger partial charge in [-0.3, -0.25) is 4.79 Å². The van der Waals surface area contributed by atoms with Crippen LogP contribution in [0.3, 0.4) is 0 Å². The molecule has 4 rings (SSSR count). The zero-order valence-corrected chi connectivity index (χ0v) is 16.1. The van der Waals surface area contributed by atoms with Gasteiger partial charge in [-0.2, -0.15) is 0 Å². The molecule has 2 heterocycles. The molecule has 7 nitrogen and oxygen atoms in total. The molecular weight excluding hydrogens is 374 g/mol. The normalized spacial score (nSPS) is 31.7. The molecule has 0 aromatic heterocycles. The van der Waals surface area contributed by atoms with Crippen molar-refractivity contribution in [3.05, 3.63) is 71.8 Å². The highest BCUT2D eigenvalue weighted by atomic mass is 16.7. The first-order chi connectivity index (χ1) is 14.1. The lowest BCUT2D eigenvalue weighted by Crippen LogP contribution is -2.66. The van der Waals surface area contributed by atoms with Crippen LogP contribution in [-0.4, -0.2) is 48.3 Å². The highest BCUT2D eigenvalue weighted by Gasteiger charge is 2.50. The molecule has 0 saturated carbocycles. The number of carbonyl (C=O) groups is 1. The van der Waals surface area contributed by atoms with Crippen molar-refractivity contribution in [3.8, 4) is 0 Å². The predicted octanol–water partition coefficient (Wildman–Crippen LogP) is 1.91. The minimum atomic E-state index is -1.01. The average molecular weight is 399 g/mol.